The second-order valence-electron chi connectivity index (χ2n) is 2.84. The van der Waals surface area contributed by atoms with Crippen molar-refractivity contribution in [2.24, 2.45) is 5.73 Å². The van der Waals surface area contributed by atoms with Crippen LogP contribution in [0.2, 0.25) is 0 Å². The molecule has 0 saturated carbocycles. The number of phosphoric acid groups is 1. The Hall–Kier alpha value is -0.0100. The van der Waals surface area contributed by atoms with Crippen molar-refractivity contribution >= 4 is 7.82 Å². The highest BCUT2D eigenvalue weighted by Gasteiger charge is 2.25. The van der Waals surface area contributed by atoms with Gasteiger partial charge in [-0.25, -0.2) is 4.57 Å². The normalized spacial score (nSPS) is 22.4. The zero-order valence-electron chi connectivity index (χ0n) is 8.03. The number of nitrogens with two attached hydrogens (primary N) is 1. The molecule has 0 aliphatic rings. The van der Waals surface area contributed by atoms with Crippen molar-refractivity contribution < 1.29 is 28.7 Å². The van der Waals surface area contributed by atoms with Gasteiger partial charge in [-0.05, 0) is 6.92 Å². The molecule has 0 aliphatic heterocycles. The van der Waals surface area contributed by atoms with Gasteiger partial charge in [-0.1, -0.05) is 0 Å². The van der Waals surface area contributed by atoms with Crippen LogP contribution in [0.25, 0.3) is 0 Å². The fraction of sp³-hybridized carbons (Fsp3) is 1.00. The predicted octanol–water partition coefficient (Wildman–Crippen LogP) is -1.18. The summed E-state index contributed by atoms with van der Waals surface area (Å²) in [6.45, 7) is 0.965. The second kappa shape index (κ2) is 5.77. The molecule has 1 unspecified atom stereocenters. The summed E-state index contributed by atoms with van der Waals surface area (Å²) >= 11 is 0. The third kappa shape index (κ3) is 5.02. The molecule has 0 spiro atoms. The van der Waals surface area contributed by atoms with E-state index >= 15 is 0 Å². The van der Waals surface area contributed by atoms with Crippen LogP contribution in [0.15, 0.2) is 0 Å². The summed E-state index contributed by atoms with van der Waals surface area (Å²) in [5, 5.41) is 18.1. The predicted molar refractivity (Wildman–Crippen MR) is 48.4 cm³/mol. The maximum Gasteiger partial charge on any atom is 0.471 e. The van der Waals surface area contributed by atoms with E-state index in [0.717, 1.165) is 7.11 Å². The molecule has 0 rings (SSSR count). The van der Waals surface area contributed by atoms with Crippen LogP contribution < -0.4 is 5.73 Å². The first-order valence-electron chi connectivity index (χ1n) is 3.95. The standard InChI is InChI=1S/C6H16NO6P/c1-4(8)6(9)5(7)3-13-14(10,11)12-2/h4-6,8-9H,3,7H2,1-2H3,(H,10,11)/t4-,5-,6+/m1/s1. The van der Waals surface area contributed by atoms with Crippen LogP contribution in [-0.4, -0.2) is 47.1 Å². The van der Waals surface area contributed by atoms with Gasteiger partial charge in [0.1, 0.15) is 0 Å². The Kier molecular flexibility index (Phi) is 5.77. The molecule has 14 heavy (non-hydrogen) atoms. The van der Waals surface area contributed by atoms with Gasteiger partial charge in [0.25, 0.3) is 0 Å². The quantitative estimate of drug-likeness (QED) is 0.423. The van der Waals surface area contributed by atoms with Crippen molar-refractivity contribution in [2.45, 2.75) is 25.2 Å². The van der Waals surface area contributed by atoms with Crippen LogP contribution >= 0.6 is 7.82 Å². The van der Waals surface area contributed by atoms with Gasteiger partial charge in [0.2, 0.25) is 0 Å². The van der Waals surface area contributed by atoms with Gasteiger partial charge in [-0.3, -0.25) is 9.05 Å². The van der Waals surface area contributed by atoms with Crippen molar-refractivity contribution in [2.75, 3.05) is 13.7 Å². The highest BCUT2D eigenvalue weighted by atomic mass is 31.2. The molecule has 0 aromatic rings. The molecular formula is C6H16NO6P. The smallest absolute Gasteiger partial charge is 0.391 e. The highest BCUT2D eigenvalue weighted by Crippen LogP contribution is 2.41. The van der Waals surface area contributed by atoms with Crippen molar-refractivity contribution in [3.63, 3.8) is 0 Å². The topological polar surface area (TPSA) is 122 Å². The summed E-state index contributed by atoms with van der Waals surface area (Å²) in [4.78, 5) is 8.80. The summed E-state index contributed by atoms with van der Waals surface area (Å²) in [7, 11) is -3.06. The van der Waals surface area contributed by atoms with E-state index in [-0.39, 0.29) is 6.61 Å². The van der Waals surface area contributed by atoms with E-state index in [9.17, 15) is 9.67 Å². The lowest BCUT2D eigenvalue weighted by molar-refractivity contribution is 0.00220. The zero-order valence-corrected chi connectivity index (χ0v) is 8.92. The summed E-state index contributed by atoms with van der Waals surface area (Å²) in [6.07, 6.45) is -2.25. The van der Waals surface area contributed by atoms with Gasteiger partial charge in [0.15, 0.2) is 0 Å². The van der Waals surface area contributed by atoms with E-state index in [4.69, 9.17) is 15.7 Å². The Morgan fingerprint density at radius 1 is 1.50 bits per heavy atom. The zero-order chi connectivity index (χ0) is 11.4. The molecule has 0 aromatic heterocycles. The van der Waals surface area contributed by atoms with Gasteiger partial charge < -0.3 is 20.8 Å². The largest absolute Gasteiger partial charge is 0.471 e. The van der Waals surface area contributed by atoms with E-state index in [1.54, 1.807) is 0 Å². The third-order valence-corrected chi connectivity index (χ3v) is 2.53. The Bertz CT molecular complexity index is 210. The van der Waals surface area contributed by atoms with Crippen molar-refractivity contribution in [3.8, 4) is 0 Å². The molecule has 86 valence electrons. The van der Waals surface area contributed by atoms with E-state index < -0.39 is 26.1 Å². The lowest BCUT2D eigenvalue weighted by atomic mass is 10.1. The van der Waals surface area contributed by atoms with Crippen molar-refractivity contribution in [1.29, 1.82) is 0 Å². The van der Waals surface area contributed by atoms with Crippen molar-refractivity contribution in [1.82, 2.24) is 0 Å². The molecule has 0 aromatic carbocycles. The minimum Gasteiger partial charge on any atom is -0.391 e. The highest BCUT2D eigenvalue weighted by molar-refractivity contribution is 7.47. The number of hydrogen-bond donors (Lipinski definition) is 4. The number of phosphoric ester groups is 1. The van der Waals surface area contributed by atoms with Crippen LogP contribution in [0.3, 0.4) is 0 Å². The number of aliphatic hydroxyl groups is 2. The third-order valence-electron chi connectivity index (χ3n) is 1.59. The van der Waals surface area contributed by atoms with Crippen LogP contribution in [0.5, 0.6) is 0 Å². The summed E-state index contributed by atoms with van der Waals surface area (Å²) in [6, 6.07) is -0.953. The molecule has 8 heteroatoms. The minimum atomic E-state index is -4.07. The maximum absolute atomic E-state index is 10.8. The fourth-order valence-electron chi connectivity index (χ4n) is 0.689. The van der Waals surface area contributed by atoms with Crippen LogP contribution in [0, 0.1) is 0 Å². The molecule has 0 fully saturated rings. The first-order chi connectivity index (χ1) is 6.30. The first kappa shape index (κ1) is 14.0. The molecule has 0 saturated heterocycles. The fourth-order valence-corrected chi connectivity index (χ4v) is 1.16. The van der Waals surface area contributed by atoms with E-state index in [1.165, 1.54) is 6.92 Å². The first-order valence-corrected chi connectivity index (χ1v) is 5.44. The molecule has 0 bridgehead atoms. The van der Waals surface area contributed by atoms with Crippen molar-refractivity contribution in [3.05, 3.63) is 0 Å². The van der Waals surface area contributed by atoms with Gasteiger partial charge in [0.05, 0.1) is 24.9 Å². The Labute approximate surface area is 82.1 Å². The summed E-state index contributed by atoms with van der Waals surface area (Å²) in [5.74, 6) is 0. The molecule has 5 N–H and O–H groups in total. The number of aliphatic hydroxyl groups excluding tert-OH is 2. The summed E-state index contributed by atoms with van der Waals surface area (Å²) in [5.41, 5.74) is 5.36. The molecule has 7 nitrogen and oxygen atoms in total. The average molecular weight is 229 g/mol. The SMILES string of the molecule is COP(=O)(O)OC[C@@H](N)[C@@H](O)[C@@H](C)O. The second-order valence-corrected chi connectivity index (χ2v) is 4.40. The monoisotopic (exact) mass is 229 g/mol. The van der Waals surface area contributed by atoms with Crippen LogP contribution in [0.4, 0.5) is 0 Å². The number of rotatable bonds is 6. The molecule has 0 radical (unpaired) electrons. The minimum absolute atomic E-state index is 0.381. The Morgan fingerprint density at radius 2 is 2.00 bits per heavy atom. The molecular weight excluding hydrogens is 213 g/mol. The van der Waals surface area contributed by atoms with Crippen LogP contribution in [-0.2, 0) is 13.6 Å². The van der Waals surface area contributed by atoms with E-state index in [0.29, 0.717) is 0 Å². The maximum atomic E-state index is 10.8. The lowest BCUT2D eigenvalue weighted by Crippen LogP contribution is -2.44. The lowest BCUT2D eigenvalue weighted by Gasteiger charge is -2.21. The van der Waals surface area contributed by atoms with Crippen LogP contribution in [0.1, 0.15) is 6.92 Å². The summed E-state index contributed by atoms with van der Waals surface area (Å²) < 4.78 is 19.3. The van der Waals surface area contributed by atoms with Gasteiger partial charge in [0, 0.05) is 7.11 Å². The Morgan fingerprint density at radius 3 is 2.36 bits per heavy atom. The number of hydrogen-bond acceptors (Lipinski definition) is 6. The average Bonchev–Trinajstić information content (AvgIpc) is 2.13. The van der Waals surface area contributed by atoms with Gasteiger partial charge in [-0.15, -0.1) is 0 Å². The molecule has 0 amide bonds. The van der Waals surface area contributed by atoms with E-state index in [2.05, 4.69) is 9.05 Å². The molecule has 4 atom stereocenters. The molecule has 0 aliphatic carbocycles. The van der Waals surface area contributed by atoms with E-state index in [1.807, 2.05) is 0 Å². The molecule has 0 heterocycles. The van der Waals surface area contributed by atoms with Gasteiger partial charge in [-0.2, -0.15) is 0 Å². The van der Waals surface area contributed by atoms with Gasteiger partial charge >= 0.3 is 7.82 Å². The Balaban J connectivity index is 3.96.